The summed E-state index contributed by atoms with van der Waals surface area (Å²) < 4.78 is 0. The van der Waals surface area contributed by atoms with Gasteiger partial charge in [-0.25, -0.2) is 0 Å². The number of nitrogens with one attached hydrogen (secondary N) is 2. The summed E-state index contributed by atoms with van der Waals surface area (Å²) in [5.41, 5.74) is 3.81. The molecule has 0 aliphatic rings. The first-order valence-corrected chi connectivity index (χ1v) is 7.15. The molecule has 0 atom stereocenters. The zero-order chi connectivity index (χ0) is 19.1. The van der Waals surface area contributed by atoms with E-state index < -0.39 is 27.3 Å². The molecule has 0 heterocycles. The second-order valence-electron chi connectivity index (χ2n) is 4.90. The third kappa shape index (κ3) is 4.71. The van der Waals surface area contributed by atoms with Gasteiger partial charge in [0.15, 0.2) is 0 Å². The Labute approximate surface area is 146 Å². The minimum atomic E-state index is -0.852. The van der Waals surface area contributed by atoms with Gasteiger partial charge in [0.1, 0.15) is 5.56 Å². The Morgan fingerprint density at radius 3 is 2.35 bits per heavy atom. The lowest BCUT2D eigenvalue weighted by atomic mass is 10.2. The van der Waals surface area contributed by atoms with Crippen LogP contribution in [0, 0.1) is 20.2 Å². The van der Waals surface area contributed by atoms with Crippen LogP contribution in [0.15, 0.2) is 54.6 Å². The average Bonchev–Trinajstić information content (AvgIpc) is 2.64. The van der Waals surface area contributed by atoms with E-state index in [-0.39, 0.29) is 11.3 Å². The van der Waals surface area contributed by atoms with Crippen molar-refractivity contribution in [3.8, 4) is 0 Å². The molecular formula is C16H12N4O6. The van der Waals surface area contributed by atoms with Crippen LogP contribution >= 0.6 is 0 Å². The molecule has 0 aromatic heterocycles. The fourth-order valence-corrected chi connectivity index (χ4v) is 1.97. The summed E-state index contributed by atoms with van der Waals surface area (Å²) in [6, 6.07) is 10.9. The van der Waals surface area contributed by atoms with Crippen LogP contribution in [0.1, 0.15) is 15.9 Å². The zero-order valence-corrected chi connectivity index (χ0v) is 13.1. The minimum absolute atomic E-state index is 0.128. The quantitative estimate of drug-likeness (QED) is 0.476. The fourth-order valence-electron chi connectivity index (χ4n) is 1.97. The van der Waals surface area contributed by atoms with Gasteiger partial charge in [0.25, 0.3) is 23.2 Å². The van der Waals surface area contributed by atoms with Gasteiger partial charge in [0.2, 0.25) is 0 Å². The number of nitro benzene ring substituents is 2. The predicted molar refractivity (Wildman–Crippen MR) is 90.8 cm³/mol. The van der Waals surface area contributed by atoms with Crippen LogP contribution in [0.25, 0.3) is 6.08 Å². The Morgan fingerprint density at radius 1 is 0.923 bits per heavy atom. The van der Waals surface area contributed by atoms with E-state index in [0.29, 0.717) is 5.56 Å². The summed E-state index contributed by atoms with van der Waals surface area (Å²) in [5.74, 6) is -1.57. The van der Waals surface area contributed by atoms with Gasteiger partial charge in [-0.2, -0.15) is 0 Å². The number of hydrogen-bond donors (Lipinski definition) is 2. The van der Waals surface area contributed by atoms with Gasteiger partial charge in [0, 0.05) is 24.3 Å². The number of nitro groups is 2. The van der Waals surface area contributed by atoms with Crippen molar-refractivity contribution < 1.29 is 19.4 Å². The maximum Gasteiger partial charge on any atom is 0.282 e. The van der Waals surface area contributed by atoms with Crippen LogP contribution in [0.3, 0.4) is 0 Å². The normalized spacial score (nSPS) is 10.3. The molecule has 10 nitrogen and oxygen atoms in total. The summed E-state index contributed by atoms with van der Waals surface area (Å²) in [5, 5.41) is 21.6. The highest BCUT2D eigenvalue weighted by Crippen LogP contribution is 2.17. The van der Waals surface area contributed by atoms with Crippen molar-refractivity contribution in [2.24, 2.45) is 0 Å². The molecule has 0 saturated heterocycles. The second kappa shape index (κ2) is 8.15. The maximum atomic E-state index is 11.9. The standard InChI is InChI=1S/C16H12N4O6/c21-15(9-8-11-4-3-5-12(10-11)19(23)24)17-18-16(22)13-6-1-2-7-14(13)20(25)26/h1-10H,(H,17,21)(H,18,22)/b9-8+. The van der Waals surface area contributed by atoms with Crippen molar-refractivity contribution in [1.29, 1.82) is 0 Å². The second-order valence-corrected chi connectivity index (χ2v) is 4.90. The van der Waals surface area contributed by atoms with Crippen molar-refractivity contribution in [3.63, 3.8) is 0 Å². The highest BCUT2D eigenvalue weighted by Gasteiger charge is 2.19. The van der Waals surface area contributed by atoms with E-state index in [2.05, 4.69) is 10.9 Å². The number of carbonyl (C=O) groups excluding carboxylic acids is 2. The largest absolute Gasteiger partial charge is 0.282 e. The number of nitrogens with zero attached hydrogens (tertiary/aromatic N) is 2. The first kappa shape index (κ1) is 18.3. The van der Waals surface area contributed by atoms with Crippen molar-refractivity contribution in [2.45, 2.75) is 0 Å². The third-order valence-corrected chi connectivity index (χ3v) is 3.15. The van der Waals surface area contributed by atoms with Gasteiger partial charge in [-0.3, -0.25) is 40.7 Å². The monoisotopic (exact) mass is 356 g/mol. The summed E-state index contributed by atoms with van der Waals surface area (Å²) >= 11 is 0. The molecule has 0 saturated carbocycles. The molecule has 0 unspecified atom stereocenters. The molecule has 26 heavy (non-hydrogen) atoms. The molecule has 0 aliphatic carbocycles. The van der Waals surface area contributed by atoms with Crippen LogP contribution in [-0.2, 0) is 4.79 Å². The number of amides is 2. The van der Waals surface area contributed by atoms with Gasteiger partial charge in [-0.05, 0) is 17.7 Å². The third-order valence-electron chi connectivity index (χ3n) is 3.15. The molecule has 0 radical (unpaired) electrons. The van der Waals surface area contributed by atoms with Crippen LogP contribution in [0.4, 0.5) is 11.4 Å². The molecule has 2 N–H and O–H groups in total. The maximum absolute atomic E-state index is 11.9. The van der Waals surface area contributed by atoms with Crippen molar-refractivity contribution in [2.75, 3.05) is 0 Å². The van der Waals surface area contributed by atoms with Gasteiger partial charge >= 0.3 is 0 Å². The Kier molecular flexibility index (Phi) is 5.72. The zero-order valence-electron chi connectivity index (χ0n) is 13.1. The van der Waals surface area contributed by atoms with Crippen molar-refractivity contribution in [3.05, 3.63) is 86.0 Å². The molecule has 10 heteroatoms. The Hall–Kier alpha value is -4.08. The summed E-state index contributed by atoms with van der Waals surface area (Å²) in [7, 11) is 0. The Morgan fingerprint density at radius 2 is 1.65 bits per heavy atom. The molecule has 0 bridgehead atoms. The van der Waals surface area contributed by atoms with Crippen molar-refractivity contribution in [1.82, 2.24) is 10.9 Å². The van der Waals surface area contributed by atoms with Crippen LogP contribution in [0.2, 0.25) is 0 Å². The van der Waals surface area contributed by atoms with Crippen molar-refractivity contribution >= 4 is 29.3 Å². The lowest BCUT2D eigenvalue weighted by molar-refractivity contribution is -0.385. The van der Waals surface area contributed by atoms with E-state index in [0.717, 1.165) is 6.08 Å². The smallest absolute Gasteiger partial charge is 0.268 e. The molecule has 2 aromatic rings. The van der Waals surface area contributed by atoms with E-state index in [4.69, 9.17) is 0 Å². The van der Waals surface area contributed by atoms with Crippen LogP contribution in [0.5, 0.6) is 0 Å². The number of hydrogen-bond acceptors (Lipinski definition) is 6. The van der Waals surface area contributed by atoms with Gasteiger partial charge in [-0.1, -0.05) is 24.3 Å². The molecule has 0 aliphatic heterocycles. The predicted octanol–water partition coefficient (Wildman–Crippen LogP) is 1.98. The number of rotatable bonds is 5. The SMILES string of the molecule is O=C(/C=C/c1cccc([N+](=O)[O-])c1)NNC(=O)c1ccccc1[N+](=O)[O-]. The molecule has 2 rings (SSSR count). The average molecular weight is 356 g/mol. The van der Waals surface area contributed by atoms with E-state index in [1.807, 2.05) is 0 Å². The number of hydrazine groups is 1. The van der Waals surface area contributed by atoms with Gasteiger partial charge in [0.05, 0.1) is 9.85 Å². The highest BCUT2D eigenvalue weighted by atomic mass is 16.6. The van der Waals surface area contributed by atoms with E-state index in [1.54, 1.807) is 6.07 Å². The van der Waals surface area contributed by atoms with E-state index >= 15 is 0 Å². The summed E-state index contributed by atoms with van der Waals surface area (Å²) in [4.78, 5) is 43.9. The van der Waals surface area contributed by atoms with Crippen LogP contribution < -0.4 is 10.9 Å². The summed E-state index contributed by atoms with van der Waals surface area (Å²) in [6.45, 7) is 0. The van der Waals surface area contributed by atoms with Crippen LogP contribution in [-0.4, -0.2) is 21.7 Å². The summed E-state index contributed by atoms with van der Waals surface area (Å²) in [6.07, 6.45) is 2.37. The Balaban J connectivity index is 1.99. The first-order chi connectivity index (χ1) is 12.4. The topological polar surface area (TPSA) is 144 Å². The first-order valence-electron chi connectivity index (χ1n) is 7.15. The molecule has 0 fully saturated rings. The number of carbonyl (C=O) groups is 2. The van der Waals surface area contributed by atoms with Gasteiger partial charge in [-0.15, -0.1) is 0 Å². The van der Waals surface area contributed by atoms with Gasteiger partial charge < -0.3 is 0 Å². The molecule has 132 valence electrons. The van der Waals surface area contributed by atoms with E-state index in [1.165, 1.54) is 48.5 Å². The number of benzene rings is 2. The highest BCUT2D eigenvalue weighted by molar-refractivity contribution is 6.00. The number of non-ortho nitro benzene ring substituents is 1. The van der Waals surface area contributed by atoms with E-state index in [9.17, 15) is 29.8 Å². The molecule has 2 aromatic carbocycles. The molecular weight excluding hydrogens is 344 g/mol. The fraction of sp³-hybridized carbons (Fsp3) is 0. The minimum Gasteiger partial charge on any atom is -0.268 e. The lowest BCUT2D eigenvalue weighted by Crippen LogP contribution is -2.40. The molecule has 0 spiro atoms. The number of para-hydroxylation sites is 1. The molecule has 2 amide bonds. The lowest BCUT2D eigenvalue weighted by Gasteiger charge is -2.05. The Bertz CT molecular complexity index is 909.